The minimum Gasteiger partial charge on any atom is -0.338 e. The molecule has 0 radical (unpaired) electrons. The Balaban J connectivity index is 1.45. The highest BCUT2D eigenvalue weighted by Crippen LogP contribution is 2.21. The number of likely N-dealkylation sites (tertiary alicyclic amines) is 2. The molecule has 3 aliphatic heterocycles. The molecule has 126 valence electrons. The highest BCUT2D eigenvalue weighted by atomic mass is 32.2. The van der Waals surface area contributed by atoms with Crippen LogP contribution >= 0.6 is 0 Å². The van der Waals surface area contributed by atoms with Crippen LogP contribution in [0.3, 0.4) is 0 Å². The van der Waals surface area contributed by atoms with Gasteiger partial charge in [-0.1, -0.05) is 0 Å². The first-order valence-electron chi connectivity index (χ1n) is 8.51. The Hall–Kier alpha value is -0.820. The molecule has 0 bridgehead atoms. The van der Waals surface area contributed by atoms with Crippen molar-refractivity contribution in [1.82, 2.24) is 15.1 Å². The number of piperidine rings is 1. The Morgan fingerprint density at radius 1 is 1.09 bits per heavy atom. The van der Waals surface area contributed by atoms with Crippen molar-refractivity contribution in [2.75, 3.05) is 44.2 Å². The molecular formula is C15H27N3O3S. The number of carbonyl (C=O) groups is 1. The van der Waals surface area contributed by atoms with Crippen LogP contribution in [0.15, 0.2) is 0 Å². The summed E-state index contributed by atoms with van der Waals surface area (Å²) in [6.07, 6.45) is 5.48. The highest BCUT2D eigenvalue weighted by molar-refractivity contribution is 7.91. The quantitative estimate of drug-likeness (QED) is 0.827. The molecule has 22 heavy (non-hydrogen) atoms. The van der Waals surface area contributed by atoms with E-state index in [9.17, 15) is 13.2 Å². The van der Waals surface area contributed by atoms with Gasteiger partial charge in [0.25, 0.3) is 0 Å². The van der Waals surface area contributed by atoms with E-state index in [4.69, 9.17) is 0 Å². The van der Waals surface area contributed by atoms with Crippen molar-refractivity contribution in [3.05, 3.63) is 0 Å². The molecule has 3 rings (SSSR count). The van der Waals surface area contributed by atoms with E-state index in [1.807, 2.05) is 4.90 Å². The van der Waals surface area contributed by atoms with E-state index in [0.29, 0.717) is 19.0 Å². The van der Waals surface area contributed by atoms with Gasteiger partial charge in [0, 0.05) is 25.7 Å². The molecule has 0 aromatic rings. The molecule has 3 aliphatic rings. The molecule has 0 aromatic carbocycles. The van der Waals surface area contributed by atoms with Crippen LogP contribution < -0.4 is 5.32 Å². The van der Waals surface area contributed by atoms with Crippen LogP contribution in [0, 0.1) is 5.92 Å². The van der Waals surface area contributed by atoms with Crippen molar-refractivity contribution < 1.29 is 13.2 Å². The monoisotopic (exact) mass is 329 g/mol. The van der Waals surface area contributed by atoms with Crippen molar-refractivity contribution >= 4 is 15.9 Å². The smallest absolute Gasteiger partial charge is 0.317 e. The van der Waals surface area contributed by atoms with Crippen molar-refractivity contribution in [3.63, 3.8) is 0 Å². The number of carbonyl (C=O) groups excluding carboxylic acids is 1. The van der Waals surface area contributed by atoms with Gasteiger partial charge in [-0.2, -0.15) is 0 Å². The summed E-state index contributed by atoms with van der Waals surface area (Å²) in [5.41, 5.74) is 0. The van der Waals surface area contributed by atoms with Crippen molar-refractivity contribution in [1.29, 1.82) is 0 Å². The molecule has 0 aromatic heterocycles. The van der Waals surface area contributed by atoms with Crippen LogP contribution in [0.2, 0.25) is 0 Å². The van der Waals surface area contributed by atoms with Crippen LogP contribution in [-0.4, -0.2) is 74.5 Å². The van der Waals surface area contributed by atoms with Crippen LogP contribution in [0.5, 0.6) is 0 Å². The topological polar surface area (TPSA) is 69.7 Å². The SMILES string of the molecule is O=C(NC[C@@H]1CCS(=O)(=O)C1)N1CCC[C@@H](N2CCCC2)C1. The van der Waals surface area contributed by atoms with Gasteiger partial charge in [-0.05, 0) is 51.1 Å². The molecular weight excluding hydrogens is 302 g/mol. The molecule has 0 spiro atoms. The van der Waals surface area contributed by atoms with E-state index >= 15 is 0 Å². The first-order valence-corrected chi connectivity index (χ1v) is 10.3. The Labute approximate surface area is 133 Å². The lowest BCUT2D eigenvalue weighted by Gasteiger charge is -2.37. The second-order valence-corrected chi connectivity index (χ2v) is 9.17. The number of sulfone groups is 1. The predicted molar refractivity (Wildman–Crippen MR) is 85.6 cm³/mol. The summed E-state index contributed by atoms with van der Waals surface area (Å²) in [7, 11) is -2.86. The number of rotatable bonds is 3. The Morgan fingerprint density at radius 3 is 2.55 bits per heavy atom. The summed E-state index contributed by atoms with van der Waals surface area (Å²) < 4.78 is 22.9. The molecule has 3 fully saturated rings. The normalized spacial score (nSPS) is 32.3. The second-order valence-electron chi connectivity index (χ2n) is 6.94. The fourth-order valence-electron chi connectivity index (χ4n) is 3.92. The second kappa shape index (κ2) is 6.74. The zero-order chi connectivity index (χ0) is 15.6. The number of nitrogens with zero attached hydrogens (tertiary/aromatic N) is 2. The average Bonchev–Trinajstić information content (AvgIpc) is 3.14. The lowest BCUT2D eigenvalue weighted by atomic mass is 10.0. The molecule has 3 saturated heterocycles. The zero-order valence-corrected chi connectivity index (χ0v) is 14.0. The summed E-state index contributed by atoms with van der Waals surface area (Å²) in [5.74, 6) is 0.589. The van der Waals surface area contributed by atoms with Crippen molar-refractivity contribution in [3.8, 4) is 0 Å². The number of hydrogen-bond acceptors (Lipinski definition) is 4. The van der Waals surface area contributed by atoms with Crippen molar-refractivity contribution in [2.45, 2.75) is 38.1 Å². The van der Waals surface area contributed by atoms with Gasteiger partial charge < -0.3 is 10.2 Å². The highest BCUT2D eigenvalue weighted by Gasteiger charge is 2.31. The van der Waals surface area contributed by atoms with E-state index in [2.05, 4.69) is 10.2 Å². The summed E-state index contributed by atoms with van der Waals surface area (Å²) in [6.45, 7) is 4.46. The van der Waals surface area contributed by atoms with Crippen LogP contribution in [0.4, 0.5) is 4.79 Å². The number of nitrogens with one attached hydrogen (secondary N) is 1. The Morgan fingerprint density at radius 2 is 1.86 bits per heavy atom. The fraction of sp³-hybridized carbons (Fsp3) is 0.933. The first-order chi connectivity index (χ1) is 10.5. The Bertz CT molecular complexity index is 502. The maximum atomic E-state index is 12.3. The molecule has 0 aliphatic carbocycles. The van der Waals surface area contributed by atoms with Crippen LogP contribution in [0.25, 0.3) is 0 Å². The van der Waals surface area contributed by atoms with Crippen LogP contribution in [-0.2, 0) is 9.84 Å². The predicted octanol–water partition coefficient (Wildman–Crippen LogP) is 0.691. The van der Waals surface area contributed by atoms with E-state index in [-0.39, 0.29) is 23.5 Å². The van der Waals surface area contributed by atoms with E-state index in [1.165, 1.54) is 32.4 Å². The standard InChI is InChI=1S/C15H27N3O3S/c19-15(16-10-13-5-9-22(20,21)12-13)18-8-3-4-14(11-18)17-6-1-2-7-17/h13-14H,1-12H2,(H,16,19)/t13-,14+/m0/s1. The van der Waals surface area contributed by atoms with Gasteiger partial charge in [0.05, 0.1) is 11.5 Å². The number of amides is 2. The number of urea groups is 1. The van der Waals surface area contributed by atoms with Gasteiger partial charge in [-0.15, -0.1) is 0 Å². The number of hydrogen-bond donors (Lipinski definition) is 1. The summed E-state index contributed by atoms with van der Waals surface area (Å²) >= 11 is 0. The lowest BCUT2D eigenvalue weighted by molar-refractivity contribution is 0.125. The van der Waals surface area contributed by atoms with Gasteiger partial charge in [0.2, 0.25) is 0 Å². The van der Waals surface area contributed by atoms with Gasteiger partial charge in [0.15, 0.2) is 9.84 Å². The third-order valence-electron chi connectivity index (χ3n) is 5.21. The van der Waals surface area contributed by atoms with E-state index in [1.54, 1.807) is 0 Å². The maximum Gasteiger partial charge on any atom is 0.317 e. The third kappa shape index (κ3) is 3.93. The van der Waals surface area contributed by atoms with Crippen molar-refractivity contribution in [2.24, 2.45) is 5.92 Å². The Kier molecular flexibility index (Phi) is 4.92. The lowest BCUT2D eigenvalue weighted by Crippen LogP contribution is -2.52. The van der Waals surface area contributed by atoms with Gasteiger partial charge in [-0.25, -0.2) is 13.2 Å². The molecule has 0 saturated carbocycles. The summed E-state index contributed by atoms with van der Waals surface area (Å²) in [6, 6.07) is 0.488. The molecule has 2 atom stereocenters. The average molecular weight is 329 g/mol. The van der Waals surface area contributed by atoms with Crippen LogP contribution in [0.1, 0.15) is 32.1 Å². The first kappa shape index (κ1) is 16.1. The summed E-state index contributed by atoms with van der Waals surface area (Å²) in [5, 5.41) is 2.95. The molecule has 2 amide bonds. The largest absolute Gasteiger partial charge is 0.338 e. The minimum absolute atomic E-state index is 0.0202. The molecule has 7 heteroatoms. The van der Waals surface area contributed by atoms with E-state index < -0.39 is 9.84 Å². The zero-order valence-electron chi connectivity index (χ0n) is 13.2. The molecule has 3 heterocycles. The third-order valence-corrected chi connectivity index (χ3v) is 7.05. The van der Waals surface area contributed by atoms with Gasteiger partial charge in [-0.3, -0.25) is 4.90 Å². The summed E-state index contributed by atoms with van der Waals surface area (Å²) in [4.78, 5) is 16.8. The minimum atomic E-state index is -2.86. The molecule has 0 unspecified atom stereocenters. The molecule has 1 N–H and O–H groups in total. The van der Waals surface area contributed by atoms with Gasteiger partial charge >= 0.3 is 6.03 Å². The van der Waals surface area contributed by atoms with Gasteiger partial charge in [0.1, 0.15) is 0 Å². The maximum absolute atomic E-state index is 12.3. The van der Waals surface area contributed by atoms with E-state index in [0.717, 1.165) is 19.5 Å². The fourth-order valence-corrected chi connectivity index (χ4v) is 5.78. The molecule has 6 nitrogen and oxygen atoms in total.